The molecule has 20 heavy (non-hydrogen) atoms. The Morgan fingerprint density at radius 2 is 2.00 bits per heavy atom. The molecule has 1 amide bonds. The maximum absolute atomic E-state index is 12.4. The van der Waals surface area contributed by atoms with E-state index in [0.717, 1.165) is 19.3 Å². The van der Waals surface area contributed by atoms with Crippen LogP contribution in [-0.2, 0) is 4.79 Å². The van der Waals surface area contributed by atoms with E-state index in [1.54, 1.807) is 18.2 Å². The zero-order chi connectivity index (χ0) is 14.3. The number of hydrogen-bond donors (Lipinski definition) is 2. The highest BCUT2D eigenvalue weighted by molar-refractivity contribution is 5.95. The Morgan fingerprint density at radius 1 is 1.30 bits per heavy atom. The van der Waals surface area contributed by atoms with Crippen LogP contribution in [0.5, 0.6) is 0 Å². The van der Waals surface area contributed by atoms with E-state index in [0.29, 0.717) is 11.8 Å². The van der Waals surface area contributed by atoms with E-state index in [4.69, 9.17) is 5.73 Å². The van der Waals surface area contributed by atoms with Gasteiger partial charge >= 0.3 is 0 Å². The molecule has 0 aliphatic heterocycles. The van der Waals surface area contributed by atoms with Crippen molar-refractivity contribution in [3.05, 3.63) is 34.4 Å². The molecule has 106 valence electrons. The van der Waals surface area contributed by atoms with Crippen LogP contribution in [0.25, 0.3) is 0 Å². The van der Waals surface area contributed by atoms with Gasteiger partial charge in [0.1, 0.15) is 5.69 Å². The Morgan fingerprint density at radius 3 is 2.65 bits per heavy atom. The van der Waals surface area contributed by atoms with Gasteiger partial charge in [-0.05, 0) is 37.2 Å². The summed E-state index contributed by atoms with van der Waals surface area (Å²) in [6.07, 6.45) is 3.14. The third-order valence-electron chi connectivity index (χ3n) is 4.64. The van der Waals surface area contributed by atoms with Crippen LogP contribution >= 0.6 is 0 Å². The Kier molecular flexibility index (Phi) is 3.17. The number of fused-ring (bicyclic) bond motifs is 2. The lowest BCUT2D eigenvalue weighted by atomic mass is 9.84. The first-order chi connectivity index (χ1) is 9.58. The highest BCUT2D eigenvalue weighted by Gasteiger charge is 2.49. The topological polar surface area (TPSA) is 98.3 Å². The Labute approximate surface area is 116 Å². The van der Waals surface area contributed by atoms with Gasteiger partial charge in [0.2, 0.25) is 5.91 Å². The van der Waals surface area contributed by atoms with Gasteiger partial charge in [-0.1, -0.05) is 12.1 Å². The molecule has 6 nitrogen and oxygen atoms in total. The van der Waals surface area contributed by atoms with Crippen LogP contribution in [0, 0.1) is 27.9 Å². The Bertz CT molecular complexity index is 558. The van der Waals surface area contributed by atoms with E-state index >= 15 is 0 Å². The molecule has 3 N–H and O–H groups in total. The highest BCUT2D eigenvalue weighted by atomic mass is 16.6. The third-order valence-corrected chi connectivity index (χ3v) is 4.64. The number of amides is 1. The quantitative estimate of drug-likeness (QED) is 0.650. The molecule has 3 rings (SSSR count). The van der Waals surface area contributed by atoms with Crippen molar-refractivity contribution in [3.63, 3.8) is 0 Å². The average molecular weight is 275 g/mol. The van der Waals surface area contributed by atoms with Crippen molar-refractivity contribution in [3.8, 4) is 0 Å². The molecule has 4 unspecified atom stereocenters. The van der Waals surface area contributed by atoms with Gasteiger partial charge in [0.05, 0.1) is 10.8 Å². The molecular weight excluding hydrogens is 258 g/mol. The summed E-state index contributed by atoms with van der Waals surface area (Å²) in [5.74, 6) is 0.367. The minimum atomic E-state index is -0.490. The summed E-state index contributed by atoms with van der Waals surface area (Å²) in [4.78, 5) is 22.8. The summed E-state index contributed by atoms with van der Waals surface area (Å²) in [6, 6.07) is 6.07. The second kappa shape index (κ2) is 4.86. The second-order valence-electron chi connectivity index (χ2n) is 5.70. The number of nitro groups is 1. The first-order valence-corrected chi connectivity index (χ1v) is 6.88. The zero-order valence-corrected chi connectivity index (χ0v) is 11.0. The minimum Gasteiger partial charge on any atom is -0.327 e. The lowest BCUT2D eigenvalue weighted by Gasteiger charge is -2.26. The summed E-state index contributed by atoms with van der Waals surface area (Å²) in [5, 5.41) is 13.6. The fraction of sp³-hybridized carbons (Fsp3) is 0.500. The van der Waals surface area contributed by atoms with Crippen molar-refractivity contribution in [1.82, 2.24) is 0 Å². The van der Waals surface area contributed by atoms with Crippen LogP contribution in [-0.4, -0.2) is 16.9 Å². The number of carbonyl (C=O) groups is 1. The lowest BCUT2D eigenvalue weighted by molar-refractivity contribution is -0.383. The highest BCUT2D eigenvalue weighted by Crippen LogP contribution is 2.48. The van der Waals surface area contributed by atoms with Gasteiger partial charge in [0.15, 0.2) is 0 Å². The van der Waals surface area contributed by atoms with Gasteiger partial charge < -0.3 is 11.1 Å². The summed E-state index contributed by atoms with van der Waals surface area (Å²) < 4.78 is 0. The number of nitrogens with two attached hydrogens (primary N) is 1. The van der Waals surface area contributed by atoms with Gasteiger partial charge in [-0.2, -0.15) is 0 Å². The fourth-order valence-electron chi connectivity index (χ4n) is 3.68. The van der Waals surface area contributed by atoms with Crippen LogP contribution in [0.4, 0.5) is 11.4 Å². The number of para-hydroxylation sites is 2. The van der Waals surface area contributed by atoms with Crippen LogP contribution in [0.2, 0.25) is 0 Å². The largest absolute Gasteiger partial charge is 0.327 e. The summed E-state index contributed by atoms with van der Waals surface area (Å²) in [6.45, 7) is 0. The first-order valence-electron chi connectivity index (χ1n) is 6.88. The monoisotopic (exact) mass is 275 g/mol. The number of benzene rings is 1. The van der Waals surface area contributed by atoms with E-state index in [1.165, 1.54) is 6.07 Å². The maximum Gasteiger partial charge on any atom is 0.292 e. The molecule has 2 bridgehead atoms. The Balaban J connectivity index is 1.78. The van der Waals surface area contributed by atoms with Crippen molar-refractivity contribution in [2.24, 2.45) is 23.5 Å². The molecule has 0 aromatic heterocycles. The number of nitro benzene ring substituents is 1. The van der Waals surface area contributed by atoms with E-state index in [2.05, 4.69) is 5.32 Å². The van der Waals surface area contributed by atoms with Crippen molar-refractivity contribution in [2.45, 2.75) is 25.3 Å². The molecule has 2 aliphatic rings. The molecule has 2 saturated carbocycles. The molecule has 1 aromatic rings. The molecule has 6 heteroatoms. The number of hydrogen-bond acceptors (Lipinski definition) is 4. The predicted octanol–water partition coefficient (Wildman–Crippen LogP) is 1.91. The molecule has 0 spiro atoms. The second-order valence-corrected chi connectivity index (χ2v) is 5.70. The number of nitrogens with one attached hydrogen (secondary N) is 1. The molecule has 2 fully saturated rings. The van der Waals surface area contributed by atoms with Crippen LogP contribution in [0.15, 0.2) is 24.3 Å². The number of nitrogens with zero attached hydrogens (tertiary/aromatic N) is 1. The van der Waals surface area contributed by atoms with Crippen LogP contribution < -0.4 is 11.1 Å². The SMILES string of the molecule is NC1C2CCC(C2)C1C(=O)Nc1ccccc1[N+](=O)[O-]. The molecule has 4 atom stereocenters. The predicted molar refractivity (Wildman–Crippen MR) is 74.0 cm³/mol. The smallest absolute Gasteiger partial charge is 0.292 e. The van der Waals surface area contributed by atoms with Crippen molar-refractivity contribution < 1.29 is 9.72 Å². The van der Waals surface area contributed by atoms with E-state index in [-0.39, 0.29) is 29.2 Å². The lowest BCUT2D eigenvalue weighted by Crippen LogP contribution is -2.42. The Hall–Kier alpha value is -1.95. The normalized spacial score (nSPS) is 31.2. The van der Waals surface area contributed by atoms with E-state index in [1.807, 2.05) is 0 Å². The average Bonchev–Trinajstić information content (AvgIpc) is 2.99. The standard InChI is InChI=1S/C14H17N3O3/c15-13-9-6-5-8(7-9)12(13)14(18)16-10-3-1-2-4-11(10)17(19)20/h1-4,8-9,12-13H,5-7,15H2,(H,16,18). The van der Waals surface area contributed by atoms with Crippen molar-refractivity contribution in [1.29, 1.82) is 0 Å². The van der Waals surface area contributed by atoms with E-state index < -0.39 is 4.92 Å². The van der Waals surface area contributed by atoms with Crippen molar-refractivity contribution >= 4 is 17.3 Å². The first kappa shape index (κ1) is 13.1. The number of anilines is 1. The number of rotatable bonds is 3. The van der Waals surface area contributed by atoms with E-state index in [9.17, 15) is 14.9 Å². The molecule has 0 radical (unpaired) electrons. The van der Waals surface area contributed by atoms with Crippen LogP contribution in [0.1, 0.15) is 19.3 Å². The fourth-order valence-corrected chi connectivity index (χ4v) is 3.68. The minimum absolute atomic E-state index is 0.0856. The summed E-state index contributed by atoms with van der Waals surface area (Å²) in [7, 11) is 0. The number of carbonyl (C=O) groups excluding carboxylic acids is 1. The molecule has 1 aromatic carbocycles. The van der Waals surface area contributed by atoms with Gasteiger partial charge in [-0.15, -0.1) is 0 Å². The molecule has 0 heterocycles. The van der Waals surface area contributed by atoms with Gasteiger partial charge in [-0.25, -0.2) is 0 Å². The van der Waals surface area contributed by atoms with Crippen LogP contribution in [0.3, 0.4) is 0 Å². The van der Waals surface area contributed by atoms with Gasteiger partial charge in [-0.3, -0.25) is 14.9 Å². The zero-order valence-electron chi connectivity index (χ0n) is 11.0. The molecule has 0 saturated heterocycles. The maximum atomic E-state index is 12.4. The molecular formula is C14H17N3O3. The summed E-state index contributed by atoms with van der Waals surface area (Å²) in [5.41, 5.74) is 6.28. The third kappa shape index (κ3) is 2.06. The summed E-state index contributed by atoms with van der Waals surface area (Å²) >= 11 is 0. The van der Waals surface area contributed by atoms with Gasteiger partial charge in [0, 0.05) is 12.1 Å². The van der Waals surface area contributed by atoms with Crippen molar-refractivity contribution in [2.75, 3.05) is 5.32 Å². The van der Waals surface area contributed by atoms with Gasteiger partial charge in [0.25, 0.3) is 5.69 Å². The molecule has 2 aliphatic carbocycles.